The van der Waals surface area contributed by atoms with Crippen molar-refractivity contribution >= 4 is 34.8 Å². The molecule has 0 bridgehead atoms. The van der Waals surface area contributed by atoms with Crippen molar-refractivity contribution in [3.8, 4) is 10.6 Å². The van der Waals surface area contributed by atoms with E-state index in [1.54, 1.807) is 7.11 Å². The quantitative estimate of drug-likeness (QED) is 0.674. The molecule has 2 aromatic rings. The number of ether oxygens (including phenoxy) is 1. The summed E-state index contributed by atoms with van der Waals surface area (Å²) in [5.41, 5.74) is 1.69. The largest absolute Gasteiger partial charge is 0.383 e. The van der Waals surface area contributed by atoms with Gasteiger partial charge in [0.15, 0.2) is 0 Å². The van der Waals surface area contributed by atoms with Gasteiger partial charge in [0.05, 0.1) is 18.8 Å². The maximum Gasteiger partial charge on any atom is 0.265 e. The van der Waals surface area contributed by atoms with E-state index in [2.05, 4.69) is 15.2 Å². The van der Waals surface area contributed by atoms with Crippen molar-refractivity contribution in [2.45, 2.75) is 6.92 Å². The average molecular weight is 437 g/mol. The second kappa shape index (κ2) is 10.2. The van der Waals surface area contributed by atoms with Crippen LogP contribution in [0.3, 0.4) is 0 Å². The zero-order chi connectivity index (χ0) is 20.8. The summed E-state index contributed by atoms with van der Waals surface area (Å²) >= 11 is 7.36. The van der Waals surface area contributed by atoms with Gasteiger partial charge in [0, 0.05) is 50.4 Å². The van der Waals surface area contributed by atoms with E-state index in [4.69, 9.17) is 16.3 Å². The standard InChI is InChI=1S/C20H25ClN4O3S/c1-14-18(29-19(23-14)15-3-5-16(21)6-4-15)20(27)25-10-8-24(9-11-25)13-17(26)22-7-12-28-2/h3-6H,7-13H2,1-2H3,(H,22,26). The van der Waals surface area contributed by atoms with E-state index in [0.29, 0.717) is 55.8 Å². The molecule has 3 rings (SSSR count). The van der Waals surface area contributed by atoms with E-state index < -0.39 is 0 Å². The Hall–Kier alpha value is -2.00. The van der Waals surface area contributed by atoms with Gasteiger partial charge in [-0.2, -0.15) is 0 Å². The number of piperazine rings is 1. The van der Waals surface area contributed by atoms with Crippen LogP contribution in [0.15, 0.2) is 24.3 Å². The van der Waals surface area contributed by atoms with E-state index in [-0.39, 0.29) is 11.8 Å². The average Bonchev–Trinajstić information content (AvgIpc) is 3.10. The van der Waals surface area contributed by atoms with E-state index in [0.717, 1.165) is 16.3 Å². The summed E-state index contributed by atoms with van der Waals surface area (Å²) in [6.45, 7) is 5.75. The van der Waals surface area contributed by atoms with Crippen LogP contribution in [0.1, 0.15) is 15.4 Å². The third-order valence-corrected chi connectivity index (χ3v) is 6.18. The highest BCUT2D eigenvalue weighted by Gasteiger charge is 2.26. The summed E-state index contributed by atoms with van der Waals surface area (Å²) in [5.74, 6) is -0.0165. The van der Waals surface area contributed by atoms with E-state index in [9.17, 15) is 9.59 Å². The topological polar surface area (TPSA) is 74.8 Å². The molecule has 29 heavy (non-hydrogen) atoms. The van der Waals surface area contributed by atoms with E-state index in [1.165, 1.54) is 11.3 Å². The second-order valence-electron chi connectivity index (χ2n) is 6.85. The Kier molecular flexibility index (Phi) is 7.60. The highest BCUT2D eigenvalue weighted by atomic mass is 35.5. The monoisotopic (exact) mass is 436 g/mol. The maximum atomic E-state index is 13.0. The molecule has 1 aromatic carbocycles. The highest BCUT2D eigenvalue weighted by molar-refractivity contribution is 7.17. The number of hydrogen-bond donors (Lipinski definition) is 1. The fraction of sp³-hybridized carbons (Fsp3) is 0.450. The second-order valence-corrected chi connectivity index (χ2v) is 8.29. The van der Waals surface area contributed by atoms with Crippen LogP contribution in [0.2, 0.25) is 5.02 Å². The number of rotatable bonds is 7. The third-order valence-electron chi connectivity index (χ3n) is 4.74. The molecule has 0 aliphatic carbocycles. The lowest BCUT2D eigenvalue weighted by Crippen LogP contribution is -2.51. The molecule has 0 spiro atoms. The number of nitrogens with one attached hydrogen (secondary N) is 1. The highest BCUT2D eigenvalue weighted by Crippen LogP contribution is 2.29. The van der Waals surface area contributed by atoms with Crippen molar-refractivity contribution < 1.29 is 14.3 Å². The molecule has 1 N–H and O–H groups in total. The summed E-state index contributed by atoms with van der Waals surface area (Å²) < 4.78 is 4.93. The lowest BCUT2D eigenvalue weighted by molar-refractivity contribution is -0.122. The molecule has 7 nitrogen and oxygen atoms in total. The zero-order valence-corrected chi connectivity index (χ0v) is 18.2. The molecular weight excluding hydrogens is 412 g/mol. The number of nitrogens with zero attached hydrogens (tertiary/aromatic N) is 3. The van der Waals surface area contributed by atoms with Crippen molar-refractivity contribution in [1.29, 1.82) is 0 Å². The molecule has 0 saturated carbocycles. The van der Waals surface area contributed by atoms with Crippen LogP contribution >= 0.6 is 22.9 Å². The molecule has 2 amide bonds. The fourth-order valence-electron chi connectivity index (χ4n) is 3.11. The molecule has 1 saturated heterocycles. The van der Waals surface area contributed by atoms with Gasteiger partial charge in [0.1, 0.15) is 9.88 Å². The summed E-state index contributed by atoms with van der Waals surface area (Å²) in [7, 11) is 1.60. The Morgan fingerprint density at radius 3 is 2.55 bits per heavy atom. The van der Waals surface area contributed by atoms with Gasteiger partial charge < -0.3 is 15.0 Å². The van der Waals surface area contributed by atoms with E-state index >= 15 is 0 Å². The van der Waals surface area contributed by atoms with Gasteiger partial charge in [0.25, 0.3) is 5.91 Å². The number of halogens is 1. The molecule has 0 unspecified atom stereocenters. The lowest BCUT2D eigenvalue weighted by Gasteiger charge is -2.34. The first kappa shape index (κ1) is 21.7. The predicted octanol–water partition coefficient (Wildman–Crippen LogP) is 2.29. The van der Waals surface area contributed by atoms with Gasteiger partial charge >= 0.3 is 0 Å². The van der Waals surface area contributed by atoms with Gasteiger partial charge in [0.2, 0.25) is 5.91 Å². The third kappa shape index (κ3) is 5.76. The van der Waals surface area contributed by atoms with Crippen molar-refractivity contribution in [3.63, 3.8) is 0 Å². The van der Waals surface area contributed by atoms with E-state index in [1.807, 2.05) is 36.1 Å². The SMILES string of the molecule is COCCNC(=O)CN1CCN(C(=O)c2sc(-c3ccc(Cl)cc3)nc2C)CC1. The van der Waals surface area contributed by atoms with Crippen LogP contribution in [0.25, 0.3) is 10.6 Å². The van der Waals surface area contributed by atoms with Crippen molar-refractivity contribution in [1.82, 2.24) is 20.1 Å². The van der Waals surface area contributed by atoms with Gasteiger partial charge in [-0.05, 0) is 19.1 Å². The first-order chi connectivity index (χ1) is 14.0. The minimum Gasteiger partial charge on any atom is -0.383 e. The molecule has 1 aliphatic rings. The van der Waals surface area contributed by atoms with Crippen molar-refractivity contribution in [2.75, 3.05) is 53.0 Å². The number of aryl methyl sites for hydroxylation is 1. The number of thiazole rings is 1. The smallest absolute Gasteiger partial charge is 0.265 e. The number of methoxy groups -OCH3 is 1. The van der Waals surface area contributed by atoms with Gasteiger partial charge in [-0.15, -0.1) is 11.3 Å². The molecule has 156 valence electrons. The molecule has 0 atom stereocenters. The molecule has 1 fully saturated rings. The normalized spacial score (nSPS) is 14.8. The van der Waals surface area contributed by atoms with Crippen molar-refractivity contribution in [3.05, 3.63) is 39.9 Å². The number of carbonyl (C=O) groups is 2. The first-order valence-corrected chi connectivity index (χ1v) is 10.7. The Labute approximate surface area is 179 Å². The van der Waals surface area contributed by atoms with Gasteiger partial charge in [-0.3, -0.25) is 14.5 Å². The summed E-state index contributed by atoms with van der Waals surface area (Å²) in [4.78, 5) is 34.0. The number of benzene rings is 1. The lowest BCUT2D eigenvalue weighted by atomic mass is 10.2. The summed E-state index contributed by atoms with van der Waals surface area (Å²) in [5, 5.41) is 4.30. The number of hydrogen-bond acceptors (Lipinski definition) is 6. The van der Waals surface area contributed by atoms with Crippen LogP contribution < -0.4 is 5.32 Å². The fourth-order valence-corrected chi connectivity index (χ4v) is 4.28. The first-order valence-electron chi connectivity index (χ1n) is 9.48. The molecule has 1 aromatic heterocycles. The summed E-state index contributed by atoms with van der Waals surface area (Å²) in [6, 6.07) is 7.45. The van der Waals surface area contributed by atoms with Crippen LogP contribution in [-0.2, 0) is 9.53 Å². The maximum absolute atomic E-state index is 13.0. The minimum atomic E-state index is -0.0206. The molecule has 2 heterocycles. The van der Waals surface area contributed by atoms with Crippen LogP contribution in [0.4, 0.5) is 0 Å². The van der Waals surface area contributed by atoms with Crippen LogP contribution in [0.5, 0.6) is 0 Å². The van der Waals surface area contributed by atoms with Gasteiger partial charge in [-0.1, -0.05) is 23.7 Å². The molecule has 1 aliphatic heterocycles. The number of amides is 2. The molecule has 0 radical (unpaired) electrons. The Morgan fingerprint density at radius 1 is 1.21 bits per heavy atom. The molecular formula is C20H25ClN4O3S. The Balaban J connectivity index is 1.55. The predicted molar refractivity (Wildman–Crippen MR) is 115 cm³/mol. The number of aromatic nitrogens is 1. The summed E-state index contributed by atoms with van der Waals surface area (Å²) in [6.07, 6.45) is 0. The van der Waals surface area contributed by atoms with Crippen LogP contribution in [-0.4, -0.2) is 79.6 Å². The van der Waals surface area contributed by atoms with Gasteiger partial charge in [-0.25, -0.2) is 4.98 Å². The van der Waals surface area contributed by atoms with Crippen molar-refractivity contribution in [2.24, 2.45) is 0 Å². The minimum absolute atomic E-state index is 0.00408. The van der Waals surface area contributed by atoms with Crippen LogP contribution in [0, 0.1) is 6.92 Å². The molecule has 9 heteroatoms. The number of carbonyl (C=O) groups excluding carboxylic acids is 2. The Morgan fingerprint density at radius 2 is 1.90 bits per heavy atom. The zero-order valence-electron chi connectivity index (χ0n) is 16.6. The Bertz CT molecular complexity index is 848.